The summed E-state index contributed by atoms with van der Waals surface area (Å²) in [6.45, 7) is 4.18. The summed E-state index contributed by atoms with van der Waals surface area (Å²) in [6, 6.07) is 7.04. The molecule has 0 aliphatic carbocycles. The molecule has 2 fully saturated rings. The van der Waals surface area contributed by atoms with Crippen LogP contribution in [-0.2, 0) is 20.8 Å². The van der Waals surface area contributed by atoms with Crippen LogP contribution in [0.25, 0.3) is 0 Å². The number of aliphatic hydroxyl groups excluding tert-OH is 2. The van der Waals surface area contributed by atoms with Crippen LogP contribution in [0.1, 0.15) is 51.5 Å². The Morgan fingerprint density at radius 2 is 1.86 bits per heavy atom. The second-order valence-corrected chi connectivity index (χ2v) is 9.76. The van der Waals surface area contributed by atoms with Crippen molar-refractivity contribution in [1.29, 1.82) is 0 Å². The third-order valence-electron chi connectivity index (χ3n) is 7.37. The molecule has 10 nitrogen and oxygen atoms in total. The first-order valence-electron chi connectivity index (χ1n) is 12.5. The van der Waals surface area contributed by atoms with Gasteiger partial charge in [-0.3, -0.25) is 19.3 Å². The number of aliphatic hydroxyl groups is 2. The van der Waals surface area contributed by atoms with E-state index in [1.165, 1.54) is 6.92 Å². The first kappa shape index (κ1) is 27.1. The molecular formula is C25H39N5O5. The summed E-state index contributed by atoms with van der Waals surface area (Å²) in [7, 11) is 0. The highest BCUT2D eigenvalue weighted by atomic mass is 16.3. The van der Waals surface area contributed by atoms with Crippen LogP contribution >= 0.6 is 0 Å². The van der Waals surface area contributed by atoms with Crippen LogP contribution < -0.4 is 16.8 Å². The zero-order valence-corrected chi connectivity index (χ0v) is 20.6. The molecule has 2 saturated heterocycles. The number of amides is 3. The van der Waals surface area contributed by atoms with Gasteiger partial charge in [-0.1, -0.05) is 37.3 Å². The molecule has 0 aromatic heterocycles. The summed E-state index contributed by atoms with van der Waals surface area (Å²) in [5.74, 6) is -1.61. The number of nitrogens with one attached hydrogen (secondary N) is 1. The van der Waals surface area contributed by atoms with E-state index in [0.29, 0.717) is 38.8 Å². The van der Waals surface area contributed by atoms with E-state index in [0.717, 1.165) is 12.0 Å². The summed E-state index contributed by atoms with van der Waals surface area (Å²) in [5, 5.41) is 23.4. The number of hydrogen-bond donors (Lipinski definition) is 5. The molecule has 1 aromatic rings. The SMILES string of the molecule is CC[C@H](N)C(O)N1CCC[C@H]1C(=O)N1CCC[C@@]1(Cc1ccccc1)C(=O)N[C@H](C(N)=O)[C@@H](C)O. The minimum atomic E-state index is -1.28. The lowest BCUT2D eigenvalue weighted by atomic mass is 9.86. The van der Waals surface area contributed by atoms with Crippen LogP contribution in [0.5, 0.6) is 0 Å². The van der Waals surface area contributed by atoms with Gasteiger partial charge < -0.3 is 31.9 Å². The van der Waals surface area contributed by atoms with E-state index in [1.807, 2.05) is 37.3 Å². The first-order valence-corrected chi connectivity index (χ1v) is 12.5. The summed E-state index contributed by atoms with van der Waals surface area (Å²) < 4.78 is 0. The van der Waals surface area contributed by atoms with E-state index in [2.05, 4.69) is 5.32 Å². The molecule has 2 heterocycles. The molecular weight excluding hydrogens is 450 g/mol. The number of benzene rings is 1. The van der Waals surface area contributed by atoms with Crippen LogP contribution in [0.4, 0.5) is 0 Å². The van der Waals surface area contributed by atoms with Crippen molar-refractivity contribution >= 4 is 17.7 Å². The van der Waals surface area contributed by atoms with Crippen molar-refractivity contribution in [3.05, 3.63) is 35.9 Å². The fourth-order valence-corrected chi connectivity index (χ4v) is 5.35. The molecule has 3 rings (SSSR count). The molecule has 2 aliphatic heterocycles. The van der Waals surface area contributed by atoms with Crippen molar-refractivity contribution in [2.24, 2.45) is 11.5 Å². The zero-order chi connectivity index (χ0) is 25.8. The Balaban J connectivity index is 1.95. The third kappa shape index (κ3) is 5.66. The Hall–Kier alpha value is -2.53. The Kier molecular flexibility index (Phi) is 8.87. The molecule has 0 saturated carbocycles. The average molecular weight is 490 g/mol. The van der Waals surface area contributed by atoms with Gasteiger partial charge in [-0.25, -0.2) is 0 Å². The zero-order valence-electron chi connectivity index (χ0n) is 20.6. The molecule has 0 bridgehead atoms. The molecule has 0 radical (unpaired) electrons. The smallest absolute Gasteiger partial charge is 0.247 e. The van der Waals surface area contributed by atoms with Gasteiger partial charge in [0.1, 0.15) is 17.8 Å². The van der Waals surface area contributed by atoms with Crippen LogP contribution in [0.2, 0.25) is 0 Å². The number of likely N-dealkylation sites (tertiary alicyclic amines) is 2. The van der Waals surface area contributed by atoms with Gasteiger partial charge in [0.2, 0.25) is 17.7 Å². The van der Waals surface area contributed by atoms with Gasteiger partial charge in [0.05, 0.1) is 12.1 Å². The van der Waals surface area contributed by atoms with Gasteiger partial charge in [-0.05, 0) is 44.6 Å². The number of carbonyl (C=O) groups excluding carboxylic acids is 3. The molecule has 6 atom stereocenters. The lowest BCUT2D eigenvalue weighted by Gasteiger charge is -2.41. The predicted molar refractivity (Wildman–Crippen MR) is 131 cm³/mol. The third-order valence-corrected chi connectivity index (χ3v) is 7.37. The summed E-state index contributed by atoms with van der Waals surface area (Å²) in [4.78, 5) is 43.0. The largest absolute Gasteiger partial charge is 0.391 e. The maximum absolute atomic E-state index is 13.9. The number of rotatable bonds is 10. The fourth-order valence-electron chi connectivity index (χ4n) is 5.35. The number of nitrogens with zero attached hydrogens (tertiary/aromatic N) is 2. The predicted octanol–water partition coefficient (Wildman–Crippen LogP) is -0.539. The van der Waals surface area contributed by atoms with Gasteiger partial charge in [0.15, 0.2) is 0 Å². The van der Waals surface area contributed by atoms with Crippen molar-refractivity contribution in [1.82, 2.24) is 15.1 Å². The molecule has 7 N–H and O–H groups in total. The lowest BCUT2D eigenvalue weighted by molar-refractivity contribution is -0.152. The van der Waals surface area contributed by atoms with Gasteiger partial charge in [-0.2, -0.15) is 0 Å². The topological polar surface area (TPSA) is 162 Å². The number of hydrogen-bond acceptors (Lipinski definition) is 7. The maximum atomic E-state index is 13.9. The standard InChI is InChI=1S/C25H39N5O5/c1-3-18(26)22(33)29-13-7-11-19(29)23(34)30-14-8-12-25(30,15-17-9-5-4-6-10-17)24(35)28-20(16(2)31)21(27)32/h4-6,9-10,16,18-20,22,31,33H,3,7-8,11-15,26H2,1-2H3,(H2,27,32)(H,28,35)/t16-,18+,19+,20+,22?,25-/m1/s1. The normalized spacial score (nSPS) is 26.2. The molecule has 1 aromatic carbocycles. The van der Waals surface area contributed by atoms with E-state index >= 15 is 0 Å². The van der Waals surface area contributed by atoms with E-state index in [9.17, 15) is 24.6 Å². The monoisotopic (exact) mass is 489 g/mol. The second kappa shape index (κ2) is 11.5. The van der Waals surface area contributed by atoms with Crippen LogP contribution in [0.3, 0.4) is 0 Å². The Morgan fingerprint density at radius 3 is 2.46 bits per heavy atom. The molecule has 0 spiro atoms. The number of carbonyl (C=O) groups is 3. The van der Waals surface area contributed by atoms with Gasteiger partial charge >= 0.3 is 0 Å². The Morgan fingerprint density at radius 1 is 1.17 bits per heavy atom. The highest BCUT2D eigenvalue weighted by Gasteiger charge is 2.53. The summed E-state index contributed by atoms with van der Waals surface area (Å²) in [5.41, 5.74) is 11.1. The van der Waals surface area contributed by atoms with E-state index in [-0.39, 0.29) is 12.3 Å². The first-order chi connectivity index (χ1) is 16.6. The Bertz CT molecular complexity index is 897. The fraction of sp³-hybridized carbons (Fsp3) is 0.640. The average Bonchev–Trinajstić information content (AvgIpc) is 3.49. The van der Waals surface area contributed by atoms with Crippen LogP contribution in [0.15, 0.2) is 30.3 Å². The highest BCUT2D eigenvalue weighted by Crippen LogP contribution is 2.36. The lowest BCUT2D eigenvalue weighted by Crippen LogP contribution is -2.65. The molecule has 194 valence electrons. The van der Waals surface area contributed by atoms with Crippen molar-refractivity contribution in [2.75, 3.05) is 13.1 Å². The minimum Gasteiger partial charge on any atom is -0.391 e. The van der Waals surface area contributed by atoms with E-state index in [1.54, 1.807) is 9.80 Å². The summed E-state index contributed by atoms with van der Waals surface area (Å²) >= 11 is 0. The molecule has 10 heteroatoms. The maximum Gasteiger partial charge on any atom is 0.247 e. The van der Waals surface area contributed by atoms with Crippen molar-refractivity contribution in [2.45, 2.75) is 88.4 Å². The second-order valence-electron chi connectivity index (χ2n) is 9.76. The molecule has 2 aliphatic rings. The van der Waals surface area contributed by atoms with E-state index in [4.69, 9.17) is 11.5 Å². The quantitative estimate of drug-likeness (QED) is 0.295. The van der Waals surface area contributed by atoms with Crippen molar-refractivity contribution in [3.8, 4) is 0 Å². The van der Waals surface area contributed by atoms with Gasteiger partial charge in [0, 0.05) is 25.6 Å². The number of nitrogens with two attached hydrogens (primary N) is 2. The van der Waals surface area contributed by atoms with Crippen LogP contribution in [-0.4, -0.2) is 86.8 Å². The number of primary amides is 1. The van der Waals surface area contributed by atoms with Crippen LogP contribution in [0, 0.1) is 0 Å². The van der Waals surface area contributed by atoms with E-state index < -0.39 is 47.8 Å². The van der Waals surface area contributed by atoms with Gasteiger partial charge in [0.25, 0.3) is 0 Å². The molecule has 1 unspecified atom stereocenters. The Labute approximate surface area is 206 Å². The van der Waals surface area contributed by atoms with Crippen molar-refractivity contribution in [3.63, 3.8) is 0 Å². The molecule has 3 amide bonds. The van der Waals surface area contributed by atoms with Gasteiger partial charge in [-0.15, -0.1) is 0 Å². The summed E-state index contributed by atoms with van der Waals surface area (Å²) in [6.07, 6.45) is 0.972. The highest BCUT2D eigenvalue weighted by molar-refractivity contribution is 5.96. The minimum absolute atomic E-state index is 0.235. The molecule has 35 heavy (non-hydrogen) atoms. The van der Waals surface area contributed by atoms with Crippen molar-refractivity contribution < 1.29 is 24.6 Å².